The Morgan fingerprint density at radius 2 is 1.76 bits per heavy atom. The van der Waals surface area contributed by atoms with Gasteiger partial charge in [-0.25, -0.2) is 13.2 Å². The van der Waals surface area contributed by atoms with E-state index in [9.17, 15) is 18.0 Å². The van der Waals surface area contributed by atoms with Crippen LogP contribution in [0.15, 0.2) is 47.4 Å². The number of esters is 1. The summed E-state index contributed by atoms with van der Waals surface area (Å²) in [4.78, 5) is 24.4. The van der Waals surface area contributed by atoms with Gasteiger partial charge in [0.25, 0.3) is 5.91 Å². The van der Waals surface area contributed by atoms with Gasteiger partial charge in [-0.15, -0.1) is 0 Å². The Morgan fingerprint density at radius 3 is 2.45 bits per heavy atom. The van der Waals surface area contributed by atoms with Crippen molar-refractivity contribution >= 4 is 39.2 Å². The van der Waals surface area contributed by atoms with Crippen molar-refractivity contribution in [3.05, 3.63) is 58.6 Å². The van der Waals surface area contributed by atoms with Crippen molar-refractivity contribution in [3.63, 3.8) is 0 Å². The van der Waals surface area contributed by atoms with Crippen molar-refractivity contribution < 1.29 is 22.7 Å². The highest BCUT2D eigenvalue weighted by Crippen LogP contribution is 2.25. The van der Waals surface area contributed by atoms with Crippen LogP contribution < -0.4 is 5.32 Å². The molecule has 2 aromatic carbocycles. The molecule has 1 amide bonds. The Hall–Kier alpha value is -2.42. The van der Waals surface area contributed by atoms with E-state index >= 15 is 0 Å². The van der Waals surface area contributed by atoms with Crippen LogP contribution in [0.2, 0.25) is 5.02 Å². The van der Waals surface area contributed by atoms with Gasteiger partial charge in [0.15, 0.2) is 0 Å². The monoisotopic (exact) mass is 436 g/mol. The average Bonchev–Trinajstić information content (AvgIpc) is 2.75. The minimum Gasteiger partial charge on any atom is -0.465 e. The number of sulfonamides is 1. The number of methoxy groups -OCH3 is 1. The molecule has 1 aliphatic rings. The predicted octanol–water partition coefficient (Wildman–Crippen LogP) is 3.55. The standard InChI is InChI=1S/C20H21ClN2O5S/c1-28-20(25)15-8-9-17(21)18(13-15)22-19(24)14-6-5-7-16(12-14)29(26,27)23-10-3-2-4-11-23/h5-9,12-13H,2-4,10-11H2,1H3,(H,22,24). The SMILES string of the molecule is COC(=O)c1ccc(Cl)c(NC(=O)c2cccc(S(=O)(=O)N3CCCCC3)c2)c1. The molecule has 1 fully saturated rings. The molecular formula is C20H21ClN2O5S. The lowest BCUT2D eigenvalue weighted by Gasteiger charge is -2.26. The molecule has 29 heavy (non-hydrogen) atoms. The highest BCUT2D eigenvalue weighted by molar-refractivity contribution is 7.89. The van der Waals surface area contributed by atoms with Crippen LogP contribution >= 0.6 is 11.6 Å². The van der Waals surface area contributed by atoms with Crippen molar-refractivity contribution in [1.29, 1.82) is 0 Å². The molecule has 2 aromatic rings. The Bertz CT molecular complexity index is 1030. The molecule has 0 unspecified atom stereocenters. The highest BCUT2D eigenvalue weighted by atomic mass is 35.5. The van der Waals surface area contributed by atoms with E-state index in [0.717, 1.165) is 19.3 Å². The van der Waals surface area contributed by atoms with Crippen LogP contribution in [0.5, 0.6) is 0 Å². The summed E-state index contributed by atoms with van der Waals surface area (Å²) in [7, 11) is -2.40. The van der Waals surface area contributed by atoms with Gasteiger partial charge in [0.05, 0.1) is 28.3 Å². The van der Waals surface area contributed by atoms with E-state index in [1.807, 2.05) is 0 Å². The van der Waals surface area contributed by atoms with Crippen LogP contribution in [0.1, 0.15) is 40.0 Å². The molecule has 3 rings (SSSR count). The van der Waals surface area contributed by atoms with Gasteiger partial charge >= 0.3 is 5.97 Å². The van der Waals surface area contributed by atoms with E-state index < -0.39 is 21.9 Å². The molecule has 0 saturated carbocycles. The van der Waals surface area contributed by atoms with Gasteiger partial charge < -0.3 is 10.1 Å². The largest absolute Gasteiger partial charge is 0.465 e. The normalized spacial score (nSPS) is 15.0. The molecule has 1 saturated heterocycles. The van der Waals surface area contributed by atoms with Crippen LogP contribution in [-0.2, 0) is 14.8 Å². The number of piperidine rings is 1. The average molecular weight is 437 g/mol. The lowest BCUT2D eigenvalue weighted by atomic mass is 10.1. The van der Waals surface area contributed by atoms with Crippen molar-refractivity contribution in [3.8, 4) is 0 Å². The first-order valence-corrected chi connectivity index (χ1v) is 10.9. The number of ether oxygens (including phenoxy) is 1. The molecule has 1 N–H and O–H groups in total. The summed E-state index contributed by atoms with van der Waals surface area (Å²) in [5, 5.41) is 2.86. The molecule has 0 spiro atoms. The molecule has 0 aromatic heterocycles. The van der Waals surface area contributed by atoms with Gasteiger partial charge in [0.2, 0.25) is 10.0 Å². The van der Waals surface area contributed by atoms with Gasteiger partial charge in [-0.3, -0.25) is 4.79 Å². The second-order valence-corrected chi connectivity index (χ2v) is 8.98. The Balaban J connectivity index is 1.84. The first kappa shape index (κ1) is 21.3. The van der Waals surface area contributed by atoms with Crippen LogP contribution in [0.3, 0.4) is 0 Å². The van der Waals surface area contributed by atoms with Crippen molar-refractivity contribution in [2.24, 2.45) is 0 Å². The fourth-order valence-electron chi connectivity index (χ4n) is 3.11. The van der Waals surface area contributed by atoms with Gasteiger partial charge in [0.1, 0.15) is 0 Å². The summed E-state index contributed by atoms with van der Waals surface area (Å²) in [6, 6.07) is 10.2. The number of amides is 1. The Kier molecular flexibility index (Phi) is 6.56. The second-order valence-electron chi connectivity index (χ2n) is 6.63. The number of halogens is 1. The third-order valence-corrected chi connectivity index (χ3v) is 6.91. The number of hydrogen-bond donors (Lipinski definition) is 1. The predicted molar refractivity (Wildman–Crippen MR) is 110 cm³/mol. The molecule has 9 heteroatoms. The zero-order valence-corrected chi connectivity index (χ0v) is 17.4. The smallest absolute Gasteiger partial charge is 0.337 e. The number of nitrogens with zero attached hydrogens (tertiary/aromatic N) is 1. The van der Waals surface area contributed by atoms with Crippen molar-refractivity contribution in [2.75, 3.05) is 25.5 Å². The number of carbonyl (C=O) groups excluding carboxylic acids is 2. The minimum atomic E-state index is -3.65. The molecule has 7 nitrogen and oxygen atoms in total. The number of carbonyl (C=O) groups is 2. The quantitative estimate of drug-likeness (QED) is 0.723. The summed E-state index contributed by atoms with van der Waals surface area (Å²) < 4.78 is 31.8. The van der Waals surface area contributed by atoms with Crippen LogP contribution in [0.25, 0.3) is 0 Å². The third-order valence-electron chi connectivity index (χ3n) is 4.68. The maximum absolute atomic E-state index is 12.8. The Labute approximate surface area is 174 Å². The van der Waals surface area contributed by atoms with E-state index in [1.165, 1.54) is 53.9 Å². The fraction of sp³-hybridized carbons (Fsp3) is 0.300. The zero-order chi connectivity index (χ0) is 21.0. The molecular weight excluding hydrogens is 416 g/mol. The van der Waals surface area contributed by atoms with Crippen LogP contribution in [-0.4, -0.2) is 44.8 Å². The summed E-state index contributed by atoms with van der Waals surface area (Å²) in [6.07, 6.45) is 2.67. The van der Waals surface area contributed by atoms with E-state index in [-0.39, 0.29) is 26.7 Å². The topological polar surface area (TPSA) is 92.8 Å². The molecule has 0 bridgehead atoms. The Morgan fingerprint density at radius 1 is 1.03 bits per heavy atom. The van der Waals surface area contributed by atoms with Gasteiger partial charge in [-0.1, -0.05) is 24.1 Å². The first-order chi connectivity index (χ1) is 13.8. The zero-order valence-electron chi connectivity index (χ0n) is 15.9. The van der Waals surface area contributed by atoms with Crippen molar-refractivity contribution in [2.45, 2.75) is 24.2 Å². The van der Waals surface area contributed by atoms with Crippen molar-refractivity contribution in [1.82, 2.24) is 4.31 Å². The summed E-state index contributed by atoms with van der Waals surface area (Å²) in [5.74, 6) is -1.10. The molecule has 0 radical (unpaired) electrons. The van der Waals surface area contributed by atoms with E-state index in [1.54, 1.807) is 0 Å². The lowest BCUT2D eigenvalue weighted by Crippen LogP contribution is -2.35. The fourth-order valence-corrected chi connectivity index (χ4v) is 4.84. The van der Waals surface area contributed by atoms with E-state index in [4.69, 9.17) is 11.6 Å². The number of rotatable bonds is 5. The van der Waals surface area contributed by atoms with Gasteiger partial charge in [-0.05, 0) is 49.2 Å². The van der Waals surface area contributed by atoms with Gasteiger partial charge in [0, 0.05) is 18.7 Å². The summed E-state index contributed by atoms with van der Waals surface area (Å²) >= 11 is 6.11. The molecule has 0 aliphatic carbocycles. The maximum Gasteiger partial charge on any atom is 0.337 e. The molecule has 1 heterocycles. The maximum atomic E-state index is 12.8. The van der Waals surface area contributed by atoms with Crippen LogP contribution in [0, 0.1) is 0 Å². The number of anilines is 1. The molecule has 154 valence electrons. The molecule has 0 atom stereocenters. The number of benzene rings is 2. The molecule has 1 aliphatic heterocycles. The second kappa shape index (κ2) is 8.94. The highest BCUT2D eigenvalue weighted by Gasteiger charge is 2.26. The number of hydrogen-bond acceptors (Lipinski definition) is 5. The number of nitrogens with one attached hydrogen (secondary N) is 1. The third kappa shape index (κ3) is 4.77. The first-order valence-electron chi connectivity index (χ1n) is 9.12. The lowest BCUT2D eigenvalue weighted by molar-refractivity contribution is 0.0600. The van der Waals surface area contributed by atoms with Gasteiger partial charge in [-0.2, -0.15) is 4.31 Å². The summed E-state index contributed by atoms with van der Waals surface area (Å²) in [5.41, 5.74) is 0.625. The van der Waals surface area contributed by atoms with E-state index in [2.05, 4.69) is 10.1 Å². The summed E-state index contributed by atoms with van der Waals surface area (Å²) in [6.45, 7) is 0.962. The van der Waals surface area contributed by atoms with E-state index in [0.29, 0.717) is 13.1 Å². The minimum absolute atomic E-state index is 0.0708. The van der Waals surface area contributed by atoms with Crippen LogP contribution in [0.4, 0.5) is 5.69 Å².